The largest absolute Gasteiger partial charge is 0.481 e. The van der Waals surface area contributed by atoms with Crippen LogP contribution in [0.25, 0.3) is 0 Å². The van der Waals surface area contributed by atoms with Gasteiger partial charge in [-0.05, 0) is 58.5 Å². The molecule has 0 aromatic heterocycles. The summed E-state index contributed by atoms with van der Waals surface area (Å²) in [5.41, 5.74) is 7.47. The fraction of sp³-hybridized carbons (Fsp3) is 0.0667. The van der Waals surface area contributed by atoms with Crippen molar-refractivity contribution in [1.29, 1.82) is 0 Å². The average Bonchev–Trinajstić information content (AvgIpc) is 2.41. The van der Waals surface area contributed by atoms with Gasteiger partial charge in [0.05, 0.1) is 6.42 Å². The molecular weight excluding hydrogens is 369 g/mol. The lowest BCUT2D eigenvalue weighted by Crippen LogP contribution is -2.10. The standard InChI is InChI=1S/C15H12INO3/c16-11-6-4-9(5-7-11)15(20)12-3-1-2-10(14(12)17)8-13(18)19/h1-7H,8,17H2,(H,18,19). The van der Waals surface area contributed by atoms with E-state index in [1.54, 1.807) is 30.3 Å². The second kappa shape index (κ2) is 6.04. The molecule has 0 spiro atoms. The van der Waals surface area contributed by atoms with Gasteiger partial charge < -0.3 is 10.8 Å². The molecule has 0 atom stereocenters. The molecule has 0 saturated carbocycles. The van der Waals surface area contributed by atoms with E-state index in [-0.39, 0.29) is 17.9 Å². The van der Waals surface area contributed by atoms with Gasteiger partial charge in [0.1, 0.15) is 0 Å². The van der Waals surface area contributed by atoms with Crippen LogP contribution in [0.1, 0.15) is 21.5 Å². The molecule has 2 rings (SSSR count). The zero-order valence-corrected chi connectivity index (χ0v) is 12.6. The minimum absolute atomic E-state index is 0.195. The molecule has 0 amide bonds. The molecule has 4 nitrogen and oxygen atoms in total. The Morgan fingerprint density at radius 3 is 2.35 bits per heavy atom. The zero-order chi connectivity index (χ0) is 14.7. The number of halogens is 1. The highest BCUT2D eigenvalue weighted by molar-refractivity contribution is 14.1. The summed E-state index contributed by atoms with van der Waals surface area (Å²) in [6, 6.07) is 12.0. The van der Waals surface area contributed by atoms with Gasteiger partial charge in [0.2, 0.25) is 0 Å². The summed E-state index contributed by atoms with van der Waals surface area (Å²) in [6.07, 6.45) is -0.195. The highest BCUT2D eigenvalue weighted by Crippen LogP contribution is 2.22. The second-order valence-corrected chi connectivity index (χ2v) is 5.53. The number of aliphatic carboxylic acids is 1. The van der Waals surface area contributed by atoms with Gasteiger partial charge in [-0.2, -0.15) is 0 Å². The topological polar surface area (TPSA) is 80.4 Å². The Balaban J connectivity index is 2.39. The van der Waals surface area contributed by atoms with Crippen LogP contribution in [0.2, 0.25) is 0 Å². The minimum Gasteiger partial charge on any atom is -0.481 e. The van der Waals surface area contributed by atoms with Gasteiger partial charge in [-0.15, -0.1) is 0 Å². The van der Waals surface area contributed by atoms with E-state index in [1.165, 1.54) is 0 Å². The third-order valence-electron chi connectivity index (χ3n) is 2.89. The Hall–Kier alpha value is -1.89. The molecule has 0 aliphatic heterocycles. The molecule has 3 N–H and O–H groups in total. The number of carboxylic acids is 1. The Morgan fingerprint density at radius 1 is 1.10 bits per heavy atom. The summed E-state index contributed by atoms with van der Waals surface area (Å²) >= 11 is 2.16. The maximum Gasteiger partial charge on any atom is 0.307 e. The van der Waals surface area contributed by atoms with E-state index >= 15 is 0 Å². The number of ketones is 1. The van der Waals surface area contributed by atoms with E-state index < -0.39 is 5.97 Å². The van der Waals surface area contributed by atoms with Crippen molar-refractivity contribution in [3.63, 3.8) is 0 Å². The number of carboxylic acid groups (broad SMARTS) is 1. The average molecular weight is 381 g/mol. The molecule has 0 unspecified atom stereocenters. The maximum absolute atomic E-state index is 12.4. The van der Waals surface area contributed by atoms with Crippen molar-refractivity contribution in [2.24, 2.45) is 0 Å². The number of anilines is 1. The third kappa shape index (κ3) is 3.16. The van der Waals surface area contributed by atoms with Crippen LogP contribution in [0.15, 0.2) is 42.5 Å². The van der Waals surface area contributed by atoms with Gasteiger partial charge in [0.15, 0.2) is 5.78 Å². The number of para-hydroxylation sites is 1. The predicted molar refractivity (Wildman–Crippen MR) is 84.8 cm³/mol. The molecular formula is C15H12INO3. The van der Waals surface area contributed by atoms with Crippen molar-refractivity contribution < 1.29 is 14.7 Å². The highest BCUT2D eigenvalue weighted by atomic mass is 127. The Kier molecular flexibility index (Phi) is 4.39. The molecule has 0 aliphatic rings. The lowest BCUT2D eigenvalue weighted by molar-refractivity contribution is -0.136. The molecule has 0 fully saturated rings. The Morgan fingerprint density at radius 2 is 1.75 bits per heavy atom. The van der Waals surface area contributed by atoms with E-state index in [4.69, 9.17) is 10.8 Å². The first-order valence-corrected chi connectivity index (χ1v) is 6.96. The normalized spacial score (nSPS) is 10.2. The van der Waals surface area contributed by atoms with Crippen LogP contribution in [-0.4, -0.2) is 16.9 Å². The number of benzene rings is 2. The molecule has 2 aromatic rings. The van der Waals surface area contributed by atoms with E-state index in [0.717, 1.165) is 3.57 Å². The van der Waals surface area contributed by atoms with Crippen molar-refractivity contribution in [3.8, 4) is 0 Å². The van der Waals surface area contributed by atoms with E-state index in [0.29, 0.717) is 16.7 Å². The number of carbonyl (C=O) groups is 2. The monoisotopic (exact) mass is 381 g/mol. The number of hydrogen-bond acceptors (Lipinski definition) is 3. The van der Waals surface area contributed by atoms with Crippen molar-refractivity contribution >= 4 is 40.0 Å². The van der Waals surface area contributed by atoms with Crippen molar-refractivity contribution in [2.75, 3.05) is 5.73 Å². The van der Waals surface area contributed by atoms with E-state index in [2.05, 4.69) is 22.6 Å². The molecule has 102 valence electrons. The zero-order valence-electron chi connectivity index (χ0n) is 10.5. The Bertz CT molecular complexity index is 665. The van der Waals surface area contributed by atoms with Gasteiger partial charge in [-0.3, -0.25) is 9.59 Å². The van der Waals surface area contributed by atoms with Crippen molar-refractivity contribution in [3.05, 3.63) is 62.7 Å². The van der Waals surface area contributed by atoms with Crippen LogP contribution in [0.4, 0.5) is 5.69 Å². The van der Waals surface area contributed by atoms with Gasteiger partial charge in [-0.1, -0.05) is 12.1 Å². The molecule has 0 radical (unpaired) electrons. The lowest BCUT2D eigenvalue weighted by Gasteiger charge is -2.09. The van der Waals surface area contributed by atoms with Gasteiger partial charge >= 0.3 is 5.97 Å². The first kappa shape index (κ1) is 14.5. The Labute approximate surface area is 129 Å². The molecule has 0 bridgehead atoms. The maximum atomic E-state index is 12.4. The van der Waals surface area contributed by atoms with E-state index in [9.17, 15) is 9.59 Å². The SMILES string of the molecule is Nc1c(CC(=O)O)cccc1C(=O)c1ccc(I)cc1. The fourth-order valence-corrected chi connectivity index (χ4v) is 2.24. The smallest absolute Gasteiger partial charge is 0.307 e. The summed E-state index contributed by atoms with van der Waals surface area (Å²) in [5.74, 6) is -1.18. The van der Waals surface area contributed by atoms with Crippen LogP contribution < -0.4 is 5.73 Å². The minimum atomic E-state index is -0.976. The molecule has 0 aliphatic carbocycles. The summed E-state index contributed by atoms with van der Waals surface area (Å²) < 4.78 is 1.03. The number of rotatable bonds is 4. The van der Waals surface area contributed by atoms with Crippen LogP contribution in [0, 0.1) is 3.57 Å². The number of carbonyl (C=O) groups excluding carboxylic acids is 1. The summed E-state index contributed by atoms with van der Waals surface area (Å²) in [5, 5.41) is 8.83. The first-order chi connectivity index (χ1) is 9.49. The number of hydrogen-bond donors (Lipinski definition) is 2. The third-order valence-corrected chi connectivity index (χ3v) is 3.61. The second-order valence-electron chi connectivity index (χ2n) is 4.28. The van der Waals surface area contributed by atoms with Crippen molar-refractivity contribution in [1.82, 2.24) is 0 Å². The van der Waals surface area contributed by atoms with Gasteiger partial charge in [0, 0.05) is 20.4 Å². The summed E-state index contributed by atoms with van der Waals surface area (Å²) in [6.45, 7) is 0. The van der Waals surface area contributed by atoms with Crippen LogP contribution in [0.5, 0.6) is 0 Å². The highest BCUT2D eigenvalue weighted by Gasteiger charge is 2.15. The fourth-order valence-electron chi connectivity index (χ4n) is 1.88. The number of nitrogens with two attached hydrogens (primary N) is 1. The number of nitrogen functional groups attached to an aromatic ring is 1. The molecule has 20 heavy (non-hydrogen) atoms. The lowest BCUT2D eigenvalue weighted by atomic mass is 9.98. The molecule has 0 heterocycles. The summed E-state index contributed by atoms with van der Waals surface area (Å²) in [4.78, 5) is 23.2. The van der Waals surface area contributed by atoms with Crippen LogP contribution >= 0.6 is 22.6 Å². The van der Waals surface area contributed by atoms with Crippen molar-refractivity contribution in [2.45, 2.75) is 6.42 Å². The first-order valence-electron chi connectivity index (χ1n) is 5.88. The molecule has 2 aromatic carbocycles. The van der Waals surface area contributed by atoms with E-state index in [1.807, 2.05) is 12.1 Å². The molecule has 0 saturated heterocycles. The van der Waals surface area contributed by atoms with Crippen LogP contribution in [-0.2, 0) is 11.2 Å². The predicted octanol–water partition coefficient (Wildman–Crippen LogP) is 2.73. The van der Waals surface area contributed by atoms with Gasteiger partial charge in [-0.25, -0.2) is 0 Å². The quantitative estimate of drug-likeness (QED) is 0.485. The summed E-state index contributed by atoms with van der Waals surface area (Å²) in [7, 11) is 0. The van der Waals surface area contributed by atoms with Crippen LogP contribution in [0.3, 0.4) is 0 Å². The molecule has 5 heteroatoms. The van der Waals surface area contributed by atoms with Gasteiger partial charge in [0.25, 0.3) is 0 Å².